The number of benzene rings is 1. The topological polar surface area (TPSA) is 88.3 Å². The van der Waals surface area contributed by atoms with E-state index in [1.54, 1.807) is 12.1 Å². The van der Waals surface area contributed by atoms with Gasteiger partial charge in [-0.3, -0.25) is 4.31 Å². The van der Waals surface area contributed by atoms with Gasteiger partial charge in [0.1, 0.15) is 5.82 Å². The predicted octanol–water partition coefficient (Wildman–Crippen LogP) is 1.50. The van der Waals surface area contributed by atoms with Crippen LogP contribution in [0.4, 0.5) is 11.5 Å². The second-order valence-corrected chi connectivity index (χ2v) is 6.30. The number of aromatic nitrogens is 1. The molecule has 6 nitrogen and oxygen atoms in total. The monoisotopic (exact) mass is 292 g/mol. The molecule has 0 atom stereocenters. The minimum atomic E-state index is -3.64. The van der Waals surface area contributed by atoms with E-state index in [2.05, 4.69) is 10.4 Å². The first-order valence-corrected chi connectivity index (χ1v) is 7.37. The SMILES string of the molecule is Cc1cccc(N(C)S(=O)(=O)c2ccnc(NN)c2)c1. The molecule has 1 aromatic carbocycles. The van der Waals surface area contributed by atoms with Crippen LogP contribution in [-0.2, 0) is 10.0 Å². The van der Waals surface area contributed by atoms with Crippen molar-refractivity contribution in [3.63, 3.8) is 0 Å². The first kappa shape index (κ1) is 14.3. The Balaban J connectivity index is 2.43. The van der Waals surface area contributed by atoms with Gasteiger partial charge in [-0.25, -0.2) is 19.2 Å². The summed E-state index contributed by atoms with van der Waals surface area (Å²) >= 11 is 0. The van der Waals surface area contributed by atoms with Gasteiger partial charge in [0.15, 0.2) is 0 Å². The number of pyridine rings is 1. The zero-order chi connectivity index (χ0) is 14.8. The molecule has 3 N–H and O–H groups in total. The normalized spacial score (nSPS) is 11.2. The van der Waals surface area contributed by atoms with Crippen molar-refractivity contribution in [2.75, 3.05) is 16.8 Å². The highest BCUT2D eigenvalue weighted by atomic mass is 32.2. The van der Waals surface area contributed by atoms with Gasteiger partial charge in [-0.2, -0.15) is 0 Å². The summed E-state index contributed by atoms with van der Waals surface area (Å²) in [6.45, 7) is 1.91. The van der Waals surface area contributed by atoms with Crippen LogP contribution < -0.4 is 15.6 Å². The lowest BCUT2D eigenvalue weighted by Gasteiger charge is -2.20. The number of sulfonamides is 1. The van der Waals surface area contributed by atoms with Crippen molar-refractivity contribution in [3.8, 4) is 0 Å². The Hall–Kier alpha value is -2.12. The smallest absolute Gasteiger partial charge is 0.264 e. The second kappa shape index (κ2) is 5.48. The summed E-state index contributed by atoms with van der Waals surface area (Å²) in [5.41, 5.74) is 3.92. The van der Waals surface area contributed by atoms with E-state index in [0.29, 0.717) is 11.5 Å². The van der Waals surface area contributed by atoms with Gasteiger partial charge in [0.2, 0.25) is 0 Å². The molecule has 20 heavy (non-hydrogen) atoms. The molecule has 0 aliphatic heterocycles. The zero-order valence-corrected chi connectivity index (χ0v) is 12.1. The van der Waals surface area contributed by atoms with E-state index in [1.165, 1.54) is 29.7 Å². The lowest BCUT2D eigenvalue weighted by Crippen LogP contribution is -2.26. The molecule has 2 aromatic rings. The van der Waals surface area contributed by atoms with Crippen LogP contribution in [0.1, 0.15) is 5.56 Å². The number of nitrogens with one attached hydrogen (secondary N) is 1. The van der Waals surface area contributed by atoms with E-state index in [0.717, 1.165) is 5.56 Å². The van der Waals surface area contributed by atoms with Gasteiger partial charge >= 0.3 is 0 Å². The number of nitrogens with two attached hydrogens (primary N) is 1. The van der Waals surface area contributed by atoms with Crippen molar-refractivity contribution in [2.24, 2.45) is 5.84 Å². The minimum absolute atomic E-state index is 0.129. The Morgan fingerprint density at radius 2 is 2.00 bits per heavy atom. The van der Waals surface area contributed by atoms with Gasteiger partial charge in [-0.15, -0.1) is 0 Å². The van der Waals surface area contributed by atoms with E-state index >= 15 is 0 Å². The largest absolute Gasteiger partial charge is 0.308 e. The molecular weight excluding hydrogens is 276 g/mol. The number of nitrogen functional groups attached to an aromatic ring is 1. The van der Waals surface area contributed by atoms with Gasteiger partial charge in [-0.05, 0) is 30.7 Å². The summed E-state index contributed by atoms with van der Waals surface area (Å²) in [4.78, 5) is 4.03. The predicted molar refractivity (Wildman–Crippen MR) is 78.8 cm³/mol. The zero-order valence-electron chi connectivity index (χ0n) is 11.2. The van der Waals surface area contributed by atoms with Gasteiger partial charge in [-0.1, -0.05) is 12.1 Å². The minimum Gasteiger partial charge on any atom is -0.308 e. The third kappa shape index (κ3) is 2.73. The summed E-state index contributed by atoms with van der Waals surface area (Å²) < 4.78 is 26.3. The van der Waals surface area contributed by atoms with Crippen LogP contribution >= 0.6 is 0 Å². The lowest BCUT2D eigenvalue weighted by molar-refractivity contribution is 0.594. The molecule has 0 saturated carbocycles. The first-order chi connectivity index (χ1) is 9.45. The Morgan fingerprint density at radius 3 is 2.65 bits per heavy atom. The third-order valence-electron chi connectivity index (χ3n) is 2.90. The number of hydrogen-bond donors (Lipinski definition) is 2. The van der Waals surface area contributed by atoms with E-state index in [1.807, 2.05) is 19.1 Å². The average molecular weight is 292 g/mol. The number of nitrogens with zero attached hydrogens (tertiary/aromatic N) is 2. The van der Waals surface area contributed by atoms with Crippen molar-refractivity contribution >= 4 is 21.5 Å². The molecule has 1 heterocycles. The third-order valence-corrected chi connectivity index (χ3v) is 4.68. The molecule has 0 aliphatic carbocycles. The van der Waals surface area contributed by atoms with Gasteiger partial charge < -0.3 is 5.43 Å². The molecule has 106 valence electrons. The van der Waals surface area contributed by atoms with Crippen molar-refractivity contribution in [2.45, 2.75) is 11.8 Å². The van der Waals surface area contributed by atoms with Gasteiger partial charge in [0.05, 0.1) is 10.6 Å². The summed E-state index contributed by atoms with van der Waals surface area (Å²) in [6, 6.07) is 10.1. The van der Waals surface area contributed by atoms with E-state index in [4.69, 9.17) is 5.84 Å². The number of hydrogen-bond acceptors (Lipinski definition) is 5. The van der Waals surface area contributed by atoms with Crippen molar-refractivity contribution in [1.29, 1.82) is 0 Å². The highest BCUT2D eigenvalue weighted by molar-refractivity contribution is 7.92. The first-order valence-electron chi connectivity index (χ1n) is 5.93. The Labute approximate surface area is 118 Å². The van der Waals surface area contributed by atoms with Gasteiger partial charge in [0.25, 0.3) is 10.0 Å². The fourth-order valence-electron chi connectivity index (χ4n) is 1.77. The Morgan fingerprint density at radius 1 is 1.25 bits per heavy atom. The van der Waals surface area contributed by atoms with Crippen LogP contribution in [0.3, 0.4) is 0 Å². The van der Waals surface area contributed by atoms with Gasteiger partial charge in [0, 0.05) is 19.3 Å². The maximum absolute atomic E-state index is 12.5. The molecule has 0 fully saturated rings. The van der Waals surface area contributed by atoms with Crippen molar-refractivity contribution in [1.82, 2.24) is 4.98 Å². The molecule has 0 bridgehead atoms. The molecular formula is C13H16N4O2S. The fraction of sp³-hybridized carbons (Fsp3) is 0.154. The summed E-state index contributed by atoms with van der Waals surface area (Å²) in [5, 5.41) is 0. The van der Waals surface area contributed by atoms with Crippen LogP contribution in [-0.4, -0.2) is 20.4 Å². The molecule has 2 rings (SSSR count). The molecule has 0 spiro atoms. The quantitative estimate of drug-likeness (QED) is 0.658. The van der Waals surface area contributed by atoms with Crippen LogP contribution in [0.2, 0.25) is 0 Å². The summed E-state index contributed by atoms with van der Waals surface area (Å²) in [5.74, 6) is 5.54. The summed E-state index contributed by atoms with van der Waals surface area (Å²) in [6.07, 6.45) is 1.40. The summed E-state index contributed by atoms with van der Waals surface area (Å²) in [7, 11) is -2.13. The van der Waals surface area contributed by atoms with E-state index in [9.17, 15) is 8.42 Å². The standard InChI is InChI=1S/C13H16N4O2S/c1-10-4-3-5-11(8-10)17(2)20(18,19)12-6-7-15-13(9-12)16-14/h3-9H,14H2,1-2H3,(H,15,16). The molecule has 1 aromatic heterocycles. The molecule has 0 saturated heterocycles. The molecule has 0 aliphatic rings. The molecule has 0 unspecified atom stereocenters. The number of aryl methyl sites for hydroxylation is 1. The fourth-order valence-corrected chi connectivity index (χ4v) is 2.97. The molecule has 7 heteroatoms. The molecule has 0 radical (unpaired) electrons. The van der Waals surface area contributed by atoms with Crippen LogP contribution in [0.25, 0.3) is 0 Å². The Bertz CT molecular complexity index is 716. The number of anilines is 2. The lowest BCUT2D eigenvalue weighted by atomic mass is 10.2. The average Bonchev–Trinajstić information content (AvgIpc) is 2.46. The second-order valence-electron chi connectivity index (χ2n) is 4.33. The van der Waals surface area contributed by atoms with E-state index < -0.39 is 10.0 Å². The maximum atomic E-state index is 12.5. The highest BCUT2D eigenvalue weighted by Crippen LogP contribution is 2.23. The molecule has 0 amide bonds. The van der Waals surface area contributed by atoms with E-state index in [-0.39, 0.29) is 4.90 Å². The van der Waals surface area contributed by atoms with Crippen LogP contribution in [0.5, 0.6) is 0 Å². The van der Waals surface area contributed by atoms with Crippen LogP contribution in [0, 0.1) is 6.92 Å². The van der Waals surface area contributed by atoms with Crippen molar-refractivity contribution < 1.29 is 8.42 Å². The highest BCUT2D eigenvalue weighted by Gasteiger charge is 2.21. The number of hydrazine groups is 1. The number of rotatable bonds is 4. The van der Waals surface area contributed by atoms with Crippen molar-refractivity contribution in [3.05, 3.63) is 48.2 Å². The maximum Gasteiger partial charge on any atom is 0.264 e. The van der Waals surface area contributed by atoms with Crippen LogP contribution in [0.15, 0.2) is 47.5 Å². The Kier molecular flexibility index (Phi) is 3.91.